The lowest BCUT2D eigenvalue weighted by Crippen LogP contribution is -2.61. The average molecular weight is 1010 g/mol. The van der Waals surface area contributed by atoms with Crippen LogP contribution in [-0.2, 0) is 33.2 Å². The number of carbonyl (C=O) groups excluding carboxylic acids is 1. The van der Waals surface area contributed by atoms with Crippen LogP contribution in [0.1, 0.15) is 206 Å². The van der Waals surface area contributed by atoms with Gasteiger partial charge in [-0.3, -0.25) is 4.79 Å². The third-order valence-electron chi connectivity index (χ3n) is 13.4. The quantitative estimate of drug-likeness (QED) is 0.0172. The number of ether oxygens (including phenoxy) is 6. The van der Waals surface area contributed by atoms with Crippen molar-refractivity contribution >= 4 is 5.97 Å². The van der Waals surface area contributed by atoms with Gasteiger partial charge in [0, 0.05) is 13.0 Å². The first-order valence-corrected chi connectivity index (χ1v) is 28.2. The molecule has 0 aromatic rings. The van der Waals surface area contributed by atoms with Crippen molar-refractivity contribution in [2.75, 3.05) is 33.0 Å². The van der Waals surface area contributed by atoms with Gasteiger partial charge in [-0.1, -0.05) is 197 Å². The van der Waals surface area contributed by atoms with Crippen molar-refractivity contribution in [1.29, 1.82) is 0 Å². The molecule has 11 atom stereocenters. The molecule has 2 rings (SSSR count). The van der Waals surface area contributed by atoms with Gasteiger partial charge < -0.3 is 64.2 Å². The fourth-order valence-corrected chi connectivity index (χ4v) is 8.81. The Morgan fingerprint density at radius 1 is 0.479 bits per heavy atom. The molecule has 0 aromatic carbocycles. The van der Waals surface area contributed by atoms with Crippen LogP contribution in [0, 0.1) is 0 Å². The summed E-state index contributed by atoms with van der Waals surface area (Å²) >= 11 is 0. The second-order valence-corrected chi connectivity index (χ2v) is 19.7. The first-order chi connectivity index (χ1) is 34.6. The SMILES string of the molecule is CC/C=C\C/C=C\C/C=C\C/C=C\CCCCCCCCCCC(=O)OC(COCCCCCCCCCCCCCCCCCC)COC1OC(COC2OC(CO)C(O)C(O)C2O)C(O)C(O)C1O. The lowest BCUT2D eigenvalue weighted by molar-refractivity contribution is -0.332. The predicted octanol–water partition coefficient (Wildman–Crippen LogP) is 9.52. The Morgan fingerprint density at radius 2 is 0.915 bits per heavy atom. The molecule has 2 aliphatic heterocycles. The molecule has 14 nitrogen and oxygen atoms in total. The van der Waals surface area contributed by atoms with Crippen molar-refractivity contribution in [2.45, 2.75) is 274 Å². The van der Waals surface area contributed by atoms with E-state index in [1.807, 2.05) is 0 Å². The zero-order valence-electron chi connectivity index (χ0n) is 44.2. The standard InChI is InChI=1S/C57H102O14/c1-3-5-7-9-11-13-15-17-19-21-22-23-24-25-26-28-30-32-34-36-38-40-49(59)69-46(43-66-41-39-37-35-33-31-29-27-20-18-16-14-12-10-8-6-4-2)44-67-56-55(65)53(63)51(61)48(71-56)45-68-57-54(64)52(62)50(60)47(42-58)70-57/h5,7,11,13,17,19,22-23,46-48,50-58,60-65H,3-4,6,8-10,12,14-16,18,20-21,24-45H2,1-2H3/b7-5-,13-11-,19-17-,23-22-. The molecular formula is C57H102O14. The Labute approximate surface area is 429 Å². The van der Waals surface area contributed by atoms with Crippen molar-refractivity contribution in [3.63, 3.8) is 0 Å². The summed E-state index contributed by atoms with van der Waals surface area (Å²) in [5.74, 6) is -0.383. The maximum atomic E-state index is 13.1. The zero-order chi connectivity index (χ0) is 51.6. The Balaban J connectivity index is 1.73. The molecule has 0 bridgehead atoms. The van der Waals surface area contributed by atoms with Gasteiger partial charge in [0.1, 0.15) is 54.9 Å². The molecule has 11 unspecified atom stereocenters. The van der Waals surface area contributed by atoms with Crippen LogP contribution < -0.4 is 0 Å². The van der Waals surface area contributed by atoms with Crippen LogP contribution in [0.2, 0.25) is 0 Å². The van der Waals surface area contributed by atoms with E-state index in [-0.39, 0.29) is 25.6 Å². The molecule has 71 heavy (non-hydrogen) atoms. The van der Waals surface area contributed by atoms with Gasteiger partial charge in [0.15, 0.2) is 12.6 Å². The normalized spacial score (nSPS) is 25.6. The highest BCUT2D eigenvalue weighted by atomic mass is 16.7. The second-order valence-electron chi connectivity index (χ2n) is 19.7. The Morgan fingerprint density at radius 3 is 1.44 bits per heavy atom. The topological polar surface area (TPSA) is 214 Å². The summed E-state index contributed by atoms with van der Waals surface area (Å²) in [5, 5.41) is 72.3. The van der Waals surface area contributed by atoms with Crippen molar-refractivity contribution < 1.29 is 69.0 Å². The predicted molar refractivity (Wildman–Crippen MR) is 279 cm³/mol. The number of hydrogen-bond donors (Lipinski definition) is 7. The number of carbonyl (C=O) groups is 1. The maximum absolute atomic E-state index is 13.1. The van der Waals surface area contributed by atoms with Gasteiger partial charge in [-0.2, -0.15) is 0 Å². The van der Waals surface area contributed by atoms with Crippen LogP contribution in [0.3, 0.4) is 0 Å². The molecule has 0 saturated carbocycles. The van der Waals surface area contributed by atoms with Crippen molar-refractivity contribution in [2.24, 2.45) is 0 Å². The van der Waals surface area contributed by atoms with Gasteiger partial charge in [-0.05, 0) is 51.4 Å². The number of hydrogen-bond acceptors (Lipinski definition) is 14. The van der Waals surface area contributed by atoms with E-state index in [2.05, 4.69) is 62.5 Å². The molecule has 2 heterocycles. The first kappa shape index (κ1) is 65.1. The van der Waals surface area contributed by atoms with E-state index >= 15 is 0 Å². The minimum Gasteiger partial charge on any atom is -0.457 e. The minimum absolute atomic E-state index is 0.0599. The summed E-state index contributed by atoms with van der Waals surface area (Å²) in [6.07, 6.45) is 35.9. The summed E-state index contributed by atoms with van der Waals surface area (Å²) in [4.78, 5) is 13.1. The number of aliphatic hydroxyl groups is 7. The molecule has 7 N–H and O–H groups in total. The van der Waals surface area contributed by atoms with Gasteiger partial charge in [-0.15, -0.1) is 0 Å². The second kappa shape index (κ2) is 44.3. The van der Waals surface area contributed by atoms with Crippen LogP contribution in [-0.4, -0.2) is 142 Å². The Kier molecular flexibility index (Phi) is 40.6. The lowest BCUT2D eigenvalue weighted by atomic mass is 9.98. The summed E-state index contributed by atoms with van der Waals surface area (Å²) in [6, 6.07) is 0. The number of rotatable bonds is 45. The van der Waals surface area contributed by atoms with Gasteiger partial charge in [-0.25, -0.2) is 0 Å². The highest BCUT2D eigenvalue weighted by Crippen LogP contribution is 2.26. The summed E-state index contributed by atoms with van der Waals surface area (Å²) in [7, 11) is 0. The van der Waals surface area contributed by atoms with Gasteiger partial charge in [0.2, 0.25) is 0 Å². The largest absolute Gasteiger partial charge is 0.457 e. The first-order valence-electron chi connectivity index (χ1n) is 28.2. The zero-order valence-corrected chi connectivity index (χ0v) is 44.2. The van der Waals surface area contributed by atoms with E-state index in [4.69, 9.17) is 28.4 Å². The number of unbranched alkanes of at least 4 members (excludes halogenated alkanes) is 23. The van der Waals surface area contributed by atoms with E-state index in [9.17, 15) is 40.5 Å². The highest BCUT2D eigenvalue weighted by Gasteiger charge is 2.47. The summed E-state index contributed by atoms with van der Waals surface area (Å²) in [6.45, 7) is 3.59. The molecule has 14 heteroatoms. The fourth-order valence-electron chi connectivity index (χ4n) is 8.81. The molecule has 0 amide bonds. The van der Waals surface area contributed by atoms with Crippen LogP contribution in [0.25, 0.3) is 0 Å². The number of esters is 1. The van der Waals surface area contributed by atoms with Crippen LogP contribution in [0.5, 0.6) is 0 Å². The number of allylic oxidation sites excluding steroid dienone is 8. The molecule has 0 radical (unpaired) electrons. The molecule has 0 aliphatic carbocycles. The molecule has 2 fully saturated rings. The molecule has 414 valence electrons. The summed E-state index contributed by atoms with van der Waals surface area (Å²) in [5.41, 5.74) is 0. The van der Waals surface area contributed by atoms with Gasteiger partial charge >= 0.3 is 5.97 Å². The highest BCUT2D eigenvalue weighted by molar-refractivity contribution is 5.69. The van der Waals surface area contributed by atoms with Crippen molar-refractivity contribution in [3.05, 3.63) is 48.6 Å². The molecule has 2 saturated heterocycles. The Bertz CT molecular complexity index is 1360. The van der Waals surface area contributed by atoms with Crippen LogP contribution >= 0.6 is 0 Å². The minimum atomic E-state index is -1.71. The van der Waals surface area contributed by atoms with Gasteiger partial charge in [0.05, 0.1) is 26.4 Å². The molecular weight excluding hydrogens is 909 g/mol. The number of aliphatic hydroxyl groups excluding tert-OH is 7. The average Bonchev–Trinajstić information content (AvgIpc) is 3.37. The third kappa shape index (κ3) is 31.4. The van der Waals surface area contributed by atoms with Crippen LogP contribution in [0.15, 0.2) is 48.6 Å². The maximum Gasteiger partial charge on any atom is 0.306 e. The summed E-state index contributed by atoms with van der Waals surface area (Å²) < 4.78 is 34.4. The van der Waals surface area contributed by atoms with E-state index in [1.165, 1.54) is 109 Å². The van der Waals surface area contributed by atoms with E-state index in [1.54, 1.807) is 0 Å². The van der Waals surface area contributed by atoms with Gasteiger partial charge in [0.25, 0.3) is 0 Å². The molecule has 2 aliphatic rings. The smallest absolute Gasteiger partial charge is 0.306 e. The molecule has 0 aromatic heterocycles. The third-order valence-corrected chi connectivity index (χ3v) is 13.4. The van der Waals surface area contributed by atoms with E-state index in [0.29, 0.717) is 13.0 Å². The van der Waals surface area contributed by atoms with Crippen molar-refractivity contribution in [1.82, 2.24) is 0 Å². The van der Waals surface area contributed by atoms with Crippen molar-refractivity contribution in [3.8, 4) is 0 Å². The fraction of sp³-hybridized carbons (Fsp3) is 0.842. The van der Waals surface area contributed by atoms with E-state index in [0.717, 1.165) is 70.6 Å². The Hall–Kier alpha value is -2.05. The van der Waals surface area contributed by atoms with E-state index < -0.39 is 80.7 Å². The van der Waals surface area contributed by atoms with Crippen LogP contribution in [0.4, 0.5) is 0 Å². The molecule has 0 spiro atoms. The lowest BCUT2D eigenvalue weighted by Gasteiger charge is -2.42. The monoisotopic (exact) mass is 1010 g/mol.